The molecule has 0 aliphatic carbocycles. The minimum Gasteiger partial charge on any atom is -0.441 e. The molecule has 4 nitrogen and oxygen atoms in total. The number of nitrogens with zero attached hydrogens (tertiary/aromatic N) is 1. The van der Waals surface area contributed by atoms with Crippen molar-refractivity contribution >= 4 is 11.1 Å². The molecule has 2 rings (SSSR count). The van der Waals surface area contributed by atoms with Gasteiger partial charge in [-0.05, 0) is 24.1 Å². The Balaban J connectivity index is 2.15. The van der Waals surface area contributed by atoms with Gasteiger partial charge in [0.1, 0.15) is 5.52 Å². The number of hydrogen-bond acceptors (Lipinski definition) is 4. The maximum Gasteiger partial charge on any atom is 0.192 e. The summed E-state index contributed by atoms with van der Waals surface area (Å²) in [5.41, 5.74) is 8.37. The summed E-state index contributed by atoms with van der Waals surface area (Å²) in [5, 5.41) is 3.08. The second kappa shape index (κ2) is 4.42. The van der Waals surface area contributed by atoms with Gasteiger partial charge in [0.25, 0.3) is 0 Å². The first-order chi connectivity index (χ1) is 7.29. The van der Waals surface area contributed by atoms with Crippen LogP contribution in [0.3, 0.4) is 0 Å². The molecule has 0 atom stereocenters. The van der Waals surface area contributed by atoms with Crippen molar-refractivity contribution in [3.05, 3.63) is 29.7 Å². The van der Waals surface area contributed by atoms with Crippen molar-refractivity contribution in [1.29, 1.82) is 0 Å². The van der Waals surface area contributed by atoms with E-state index < -0.39 is 0 Å². The number of nitrogens with two attached hydrogens (primary N) is 1. The van der Waals surface area contributed by atoms with Gasteiger partial charge in [-0.15, -0.1) is 0 Å². The molecule has 0 saturated carbocycles. The summed E-state index contributed by atoms with van der Waals surface area (Å²) in [6.07, 6.45) is 0.957. The molecule has 0 unspecified atom stereocenters. The third kappa shape index (κ3) is 2.34. The molecule has 0 aliphatic rings. The van der Waals surface area contributed by atoms with Crippen LogP contribution in [0, 0.1) is 6.92 Å². The molecule has 1 aromatic heterocycles. The predicted molar refractivity (Wildman–Crippen MR) is 59.5 cm³/mol. The number of aromatic nitrogens is 1. The Labute approximate surface area is 88.5 Å². The lowest BCUT2D eigenvalue weighted by Gasteiger charge is -2.01. The molecule has 80 valence electrons. The highest BCUT2D eigenvalue weighted by molar-refractivity contribution is 5.73. The Hall–Kier alpha value is -1.39. The van der Waals surface area contributed by atoms with Crippen molar-refractivity contribution < 1.29 is 4.42 Å². The predicted octanol–water partition coefficient (Wildman–Crippen LogP) is 1.18. The summed E-state index contributed by atoms with van der Waals surface area (Å²) in [6.45, 7) is 3.26. The van der Waals surface area contributed by atoms with E-state index in [-0.39, 0.29) is 0 Å². The number of rotatable bonds is 4. The molecule has 0 fully saturated rings. The third-order valence-corrected chi connectivity index (χ3v) is 2.29. The van der Waals surface area contributed by atoms with Crippen LogP contribution >= 0.6 is 0 Å². The van der Waals surface area contributed by atoms with Crippen molar-refractivity contribution in [2.24, 2.45) is 5.73 Å². The fourth-order valence-electron chi connectivity index (χ4n) is 1.58. The highest BCUT2D eigenvalue weighted by Gasteiger charge is 2.02. The molecule has 0 amide bonds. The Morgan fingerprint density at radius 2 is 2.33 bits per heavy atom. The second-order valence-electron chi connectivity index (χ2n) is 3.49. The van der Waals surface area contributed by atoms with Crippen LogP contribution in [-0.2, 0) is 6.42 Å². The van der Waals surface area contributed by atoms with Crippen molar-refractivity contribution in [3.8, 4) is 0 Å². The zero-order valence-electron chi connectivity index (χ0n) is 8.79. The molecule has 3 N–H and O–H groups in total. The molecule has 0 radical (unpaired) electrons. The van der Waals surface area contributed by atoms with Crippen molar-refractivity contribution in [2.45, 2.75) is 13.3 Å². The summed E-state index contributed by atoms with van der Waals surface area (Å²) >= 11 is 0. The van der Waals surface area contributed by atoms with Crippen LogP contribution in [-0.4, -0.2) is 18.2 Å². The fraction of sp³-hybridized carbons (Fsp3) is 0.364. The standard InChI is InChI=1S/C11H15N3O/c1-8-14-10-6-9(4-5-13-7-12)2-3-11(10)15-8/h2-3,6,13H,4-5,7,12H2,1H3. The van der Waals surface area contributed by atoms with Gasteiger partial charge in [0.2, 0.25) is 0 Å². The van der Waals surface area contributed by atoms with Crippen molar-refractivity contribution in [3.63, 3.8) is 0 Å². The SMILES string of the molecule is Cc1nc2cc(CCNCN)ccc2o1. The van der Waals surface area contributed by atoms with E-state index >= 15 is 0 Å². The fourth-order valence-corrected chi connectivity index (χ4v) is 1.58. The van der Waals surface area contributed by atoms with Crippen LogP contribution in [0.5, 0.6) is 0 Å². The van der Waals surface area contributed by atoms with Gasteiger partial charge in [-0.25, -0.2) is 4.98 Å². The first kappa shape index (κ1) is 10.1. The molecule has 0 bridgehead atoms. The van der Waals surface area contributed by atoms with Crippen LogP contribution in [0.4, 0.5) is 0 Å². The molecule has 2 aromatic rings. The topological polar surface area (TPSA) is 64.1 Å². The number of benzene rings is 1. The summed E-state index contributed by atoms with van der Waals surface area (Å²) < 4.78 is 5.40. The zero-order chi connectivity index (χ0) is 10.7. The van der Waals surface area contributed by atoms with Gasteiger partial charge in [0.05, 0.1) is 0 Å². The second-order valence-corrected chi connectivity index (χ2v) is 3.49. The average molecular weight is 205 g/mol. The van der Waals surface area contributed by atoms with E-state index in [9.17, 15) is 0 Å². The number of aryl methyl sites for hydroxylation is 1. The van der Waals surface area contributed by atoms with E-state index in [1.54, 1.807) is 0 Å². The molecule has 4 heteroatoms. The Kier molecular flexibility index (Phi) is 2.99. The smallest absolute Gasteiger partial charge is 0.192 e. The van der Waals surface area contributed by atoms with Crippen LogP contribution in [0.15, 0.2) is 22.6 Å². The highest BCUT2D eigenvalue weighted by atomic mass is 16.3. The van der Waals surface area contributed by atoms with E-state index in [1.807, 2.05) is 13.0 Å². The maximum atomic E-state index is 5.40. The minimum absolute atomic E-state index is 0.519. The third-order valence-electron chi connectivity index (χ3n) is 2.29. The zero-order valence-corrected chi connectivity index (χ0v) is 8.79. The Morgan fingerprint density at radius 3 is 3.13 bits per heavy atom. The molecular formula is C11H15N3O. The highest BCUT2D eigenvalue weighted by Crippen LogP contribution is 2.16. The van der Waals surface area contributed by atoms with Gasteiger partial charge in [0.15, 0.2) is 11.5 Å². The number of fused-ring (bicyclic) bond motifs is 1. The van der Waals surface area contributed by atoms with Gasteiger partial charge in [-0.2, -0.15) is 0 Å². The van der Waals surface area contributed by atoms with Crippen LogP contribution < -0.4 is 11.1 Å². The van der Waals surface area contributed by atoms with Crippen LogP contribution in [0.2, 0.25) is 0 Å². The van der Waals surface area contributed by atoms with Gasteiger partial charge in [-0.3, -0.25) is 0 Å². The summed E-state index contributed by atoms with van der Waals surface area (Å²) in [7, 11) is 0. The van der Waals surface area contributed by atoms with Gasteiger partial charge in [-0.1, -0.05) is 6.07 Å². The van der Waals surface area contributed by atoms with Gasteiger partial charge >= 0.3 is 0 Å². The summed E-state index contributed by atoms with van der Waals surface area (Å²) in [4.78, 5) is 4.29. The molecule has 1 heterocycles. The molecular weight excluding hydrogens is 190 g/mol. The van der Waals surface area contributed by atoms with E-state index in [2.05, 4.69) is 22.4 Å². The number of oxazole rings is 1. The number of hydrogen-bond donors (Lipinski definition) is 2. The summed E-state index contributed by atoms with van der Waals surface area (Å²) in [6, 6.07) is 6.09. The van der Waals surface area contributed by atoms with E-state index in [0.717, 1.165) is 24.1 Å². The molecule has 1 aromatic carbocycles. The minimum atomic E-state index is 0.519. The maximum absolute atomic E-state index is 5.40. The van der Waals surface area contributed by atoms with Gasteiger partial charge < -0.3 is 15.5 Å². The average Bonchev–Trinajstić information content (AvgIpc) is 2.57. The lowest BCUT2D eigenvalue weighted by molar-refractivity contribution is 0.561. The summed E-state index contributed by atoms with van der Waals surface area (Å²) in [5.74, 6) is 0.710. The quantitative estimate of drug-likeness (QED) is 0.581. The number of nitrogens with one attached hydrogen (secondary N) is 1. The van der Waals surface area contributed by atoms with Crippen molar-refractivity contribution in [2.75, 3.05) is 13.2 Å². The molecule has 0 saturated heterocycles. The van der Waals surface area contributed by atoms with Gasteiger partial charge in [0, 0.05) is 20.1 Å². The Bertz CT molecular complexity index is 450. The van der Waals surface area contributed by atoms with E-state index in [1.165, 1.54) is 5.56 Å². The Morgan fingerprint density at radius 1 is 1.47 bits per heavy atom. The van der Waals surface area contributed by atoms with E-state index in [0.29, 0.717) is 12.6 Å². The largest absolute Gasteiger partial charge is 0.441 e. The van der Waals surface area contributed by atoms with Crippen molar-refractivity contribution in [1.82, 2.24) is 10.3 Å². The molecule has 15 heavy (non-hydrogen) atoms. The monoisotopic (exact) mass is 205 g/mol. The first-order valence-corrected chi connectivity index (χ1v) is 5.06. The first-order valence-electron chi connectivity index (χ1n) is 5.06. The lowest BCUT2D eigenvalue weighted by Crippen LogP contribution is -2.24. The van der Waals surface area contributed by atoms with Crippen LogP contribution in [0.1, 0.15) is 11.5 Å². The molecule has 0 spiro atoms. The molecule has 0 aliphatic heterocycles. The van der Waals surface area contributed by atoms with E-state index in [4.69, 9.17) is 10.2 Å². The van der Waals surface area contributed by atoms with Crippen LogP contribution in [0.25, 0.3) is 11.1 Å². The normalized spacial score (nSPS) is 11.1. The lowest BCUT2D eigenvalue weighted by atomic mass is 10.1.